The number of piperazine rings is 1. The summed E-state index contributed by atoms with van der Waals surface area (Å²) in [7, 11) is -1.62. The molecule has 1 aliphatic heterocycles. The van der Waals surface area contributed by atoms with Gasteiger partial charge in [-0.2, -0.15) is 4.31 Å². The van der Waals surface area contributed by atoms with Crippen molar-refractivity contribution in [1.82, 2.24) is 14.2 Å². The summed E-state index contributed by atoms with van der Waals surface area (Å²) < 4.78 is 26.2. The predicted octanol–water partition coefficient (Wildman–Crippen LogP) is -0.642. The van der Waals surface area contributed by atoms with Crippen LogP contribution in [0.4, 0.5) is 0 Å². The molecule has 3 N–H and O–H groups in total. The Morgan fingerprint density at radius 1 is 1.32 bits per heavy atom. The number of sulfonamides is 1. The van der Waals surface area contributed by atoms with E-state index in [0.29, 0.717) is 31.7 Å². The number of hydrogen-bond acceptors (Lipinski definition) is 4. The van der Waals surface area contributed by atoms with E-state index in [1.54, 1.807) is 6.92 Å². The van der Waals surface area contributed by atoms with Crippen molar-refractivity contribution in [3.63, 3.8) is 0 Å². The fourth-order valence-electron chi connectivity index (χ4n) is 2.09. The highest BCUT2D eigenvalue weighted by Gasteiger charge is 2.29. The SMILES string of the molecule is Cc1cc(S(=O)(=O)N2CCN(C)CC2)[nH]c1C(N)=O. The molecule has 0 unspecified atom stereocenters. The van der Waals surface area contributed by atoms with Crippen molar-refractivity contribution in [2.24, 2.45) is 5.73 Å². The lowest BCUT2D eigenvalue weighted by Gasteiger charge is -2.31. The maximum Gasteiger partial charge on any atom is 0.265 e. The lowest BCUT2D eigenvalue weighted by atomic mass is 10.3. The number of H-pyrrole nitrogens is 1. The number of rotatable bonds is 3. The first-order chi connectivity index (χ1) is 8.82. The number of carbonyl (C=O) groups excluding carboxylic acids is 1. The van der Waals surface area contributed by atoms with Crippen molar-refractivity contribution < 1.29 is 13.2 Å². The molecule has 0 radical (unpaired) electrons. The largest absolute Gasteiger partial charge is 0.364 e. The lowest BCUT2D eigenvalue weighted by molar-refractivity contribution is 0.0995. The molecule has 0 bridgehead atoms. The van der Waals surface area contributed by atoms with Crippen LogP contribution in [0.15, 0.2) is 11.1 Å². The zero-order valence-electron chi connectivity index (χ0n) is 11.0. The van der Waals surface area contributed by atoms with Gasteiger partial charge >= 0.3 is 0 Å². The molecule has 1 amide bonds. The third kappa shape index (κ3) is 2.65. The van der Waals surface area contributed by atoms with E-state index in [2.05, 4.69) is 9.88 Å². The highest BCUT2D eigenvalue weighted by atomic mass is 32.2. The summed E-state index contributed by atoms with van der Waals surface area (Å²) >= 11 is 0. The fraction of sp³-hybridized carbons (Fsp3) is 0.545. The van der Waals surface area contributed by atoms with Crippen LogP contribution in [0, 0.1) is 6.92 Å². The van der Waals surface area contributed by atoms with Crippen molar-refractivity contribution in [2.75, 3.05) is 33.2 Å². The molecule has 0 aromatic carbocycles. The van der Waals surface area contributed by atoms with Crippen molar-refractivity contribution in [1.29, 1.82) is 0 Å². The molecule has 19 heavy (non-hydrogen) atoms. The van der Waals surface area contributed by atoms with Gasteiger partial charge in [0.25, 0.3) is 15.9 Å². The quantitative estimate of drug-likeness (QED) is 0.772. The molecular formula is C11H18N4O3S. The first kappa shape index (κ1) is 14.0. The molecule has 0 saturated carbocycles. The summed E-state index contributed by atoms with van der Waals surface area (Å²) in [4.78, 5) is 15.8. The second kappa shape index (κ2) is 4.95. The van der Waals surface area contributed by atoms with Gasteiger partial charge in [0.1, 0.15) is 10.7 Å². The van der Waals surface area contributed by atoms with Crippen molar-refractivity contribution in [2.45, 2.75) is 11.9 Å². The number of hydrogen-bond donors (Lipinski definition) is 2. The monoisotopic (exact) mass is 286 g/mol. The topological polar surface area (TPSA) is 99.5 Å². The highest BCUT2D eigenvalue weighted by molar-refractivity contribution is 7.89. The molecule has 7 nitrogen and oxygen atoms in total. The Morgan fingerprint density at radius 3 is 2.37 bits per heavy atom. The second-order valence-electron chi connectivity index (χ2n) is 4.76. The number of likely N-dealkylation sites (N-methyl/N-ethyl adjacent to an activating group) is 1. The minimum absolute atomic E-state index is 0.0309. The van der Waals surface area contributed by atoms with Gasteiger partial charge in [-0.3, -0.25) is 4.79 Å². The predicted molar refractivity (Wildman–Crippen MR) is 70.3 cm³/mol. The lowest BCUT2D eigenvalue weighted by Crippen LogP contribution is -2.47. The van der Waals surface area contributed by atoms with Gasteiger partial charge in [-0.25, -0.2) is 8.42 Å². The first-order valence-electron chi connectivity index (χ1n) is 6.00. The third-order valence-electron chi connectivity index (χ3n) is 3.32. The van der Waals surface area contributed by atoms with Crippen LogP contribution in [-0.2, 0) is 10.0 Å². The van der Waals surface area contributed by atoms with Crippen LogP contribution >= 0.6 is 0 Å². The molecule has 1 aliphatic rings. The Kier molecular flexibility index (Phi) is 3.66. The normalized spacial score (nSPS) is 18.6. The Morgan fingerprint density at radius 2 is 1.89 bits per heavy atom. The van der Waals surface area contributed by atoms with Gasteiger partial charge in [0.15, 0.2) is 0 Å². The zero-order chi connectivity index (χ0) is 14.2. The van der Waals surface area contributed by atoms with Gasteiger partial charge in [0.2, 0.25) is 0 Å². The van der Waals surface area contributed by atoms with E-state index in [4.69, 9.17) is 5.73 Å². The van der Waals surface area contributed by atoms with E-state index >= 15 is 0 Å². The number of amides is 1. The molecule has 1 fully saturated rings. The van der Waals surface area contributed by atoms with E-state index < -0.39 is 15.9 Å². The summed E-state index contributed by atoms with van der Waals surface area (Å²) in [6, 6.07) is 1.45. The molecule has 0 atom stereocenters. The van der Waals surface area contributed by atoms with Crippen LogP contribution < -0.4 is 5.73 Å². The molecular weight excluding hydrogens is 268 g/mol. The molecule has 1 aromatic heterocycles. The zero-order valence-corrected chi connectivity index (χ0v) is 11.8. The Labute approximate surface area is 112 Å². The van der Waals surface area contributed by atoms with Gasteiger partial charge < -0.3 is 15.6 Å². The molecule has 0 spiro atoms. The van der Waals surface area contributed by atoms with E-state index in [1.807, 2.05) is 7.05 Å². The number of nitrogens with two attached hydrogens (primary N) is 1. The maximum absolute atomic E-state index is 12.4. The molecule has 8 heteroatoms. The Hall–Kier alpha value is -1.38. The summed E-state index contributed by atoms with van der Waals surface area (Å²) in [5, 5.41) is 0.0309. The van der Waals surface area contributed by atoms with Gasteiger partial charge in [0.05, 0.1) is 0 Å². The number of primary amides is 1. The summed E-state index contributed by atoms with van der Waals surface area (Å²) in [6.45, 7) is 3.94. The van der Waals surface area contributed by atoms with Crippen LogP contribution in [0.25, 0.3) is 0 Å². The minimum atomic E-state index is -3.58. The minimum Gasteiger partial charge on any atom is -0.364 e. The Balaban J connectivity index is 2.29. The number of aromatic amines is 1. The van der Waals surface area contributed by atoms with E-state index in [1.165, 1.54) is 10.4 Å². The van der Waals surface area contributed by atoms with Gasteiger partial charge in [0, 0.05) is 26.2 Å². The summed E-state index contributed by atoms with van der Waals surface area (Å²) in [6.07, 6.45) is 0. The molecule has 1 aromatic rings. The standard InChI is InChI=1S/C11H18N4O3S/c1-8-7-9(13-10(8)11(12)16)19(17,18)15-5-3-14(2)4-6-15/h7,13H,3-6H2,1-2H3,(H2,12,16). The van der Waals surface area contributed by atoms with Gasteiger partial charge in [-0.1, -0.05) is 0 Å². The molecule has 2 rings (SSSR count). The smallest absolute Gasteiger partial charge is 0.265 e. The van der Waals surface area contributed by atoms with E-state index in [0.717, 1.165) is 0 Å². The number of aromatic nitrogens is 1. The summed E-state index contributed by atoms with van der Waals surface area (Å²) in [5.74, 6) is -0.655. The van der Waals surface area contributed by atoms with Crippen LogP contribution in [-0.4, -0.2) is 61.7 Å². The van der Waals surface area contributed by atoms with Gasteiger partial charge in [-0.15, -0.1) is 0 Å². The van der Waals surface area contributed by atoms with E-state index in [9.17, 15) is 13.2 Å². The molecule has 106 valence electrons. The maximum atomic E-state index is 12.4. The van der Waals surface area contributed by atoms with Crippen LogP contribution in [0.5, 0.6) is 0 Å². The van der Waals surface area contributed by atoms with Gasteiger partial charge in [-0.05, 0) is 25.6 Å². The van der Waals surface area contributed by atoms with Crippen molar-refractivity contribution >= 4 is 15.9 Å². The summed E-state index contributed by atoms with van der Waals surface area (Å²) in [5.41, 5.74) is 5.87. The van der Waals surface area contributed by atoms with Crippen LogP contribution in [0.1, 0.15) is 16.1 Å². The molecule has 2 heterocycles. The number of nitrogens with one attached hydrogen (secondary N) is 1. The van der Waals surface area contributed by atoms with E-state index in [-0.39, 0.29) is 10.7 Å². The van der Waals surface area contributed by atoms with Crippen LogP contribution in [0.2, 0.25) is 0 Å². The number of carbonyl (C=O) groups is 1. The second-order valence-corrected chi connectivity index (χ2v) is 6.67. The number of nitrogens with zero attached hydrogens (tertiary/aromatic N) is 2. The van der Waals surface area contributed by atoms with Crippen molar-refractivity contribution in [3.05, 3.63) is 17.3 Å². The van der Waals surface area contributed by atoms with Crippen LogP contribution in [0.3, 0.4) is 0 Å². The average Bonchev–Trinajstić information content (AvgIpc) is 2.72. The highest BCUT2D eigenvalue weighted by Crippen LogP contribution is 2.19. The fourth-order valence-corrected chi connectivity index (χ4v) is 3.57. The van der Waals surface area contributed by atoms with Crippen molar-refractivity contribution in [3.8, 4) is 0 Å². The number of aryl methyl sites for hydroxylation is 1. The Bertz CT molecular complexity index is 585. The average molecular weight is 286 g/mol. The molecule has 0 aliphatic carbocycles. The first-order valence-corrected chi connectivity index (χ1v) is 7.44. The molecule has 1 saturated heterocycles. The third-order valence-corrected chi connectivity index (χ3v) is 5.14.